The summed E-state index contributed by atoms with van der Waals surface area (Å²) < 4.78 is 11.7. The average molecular weight is 300 g/mol. The Kier molecular flexibility index (Phi) is 4.42. The van der Waals surface area contributed by atoms with Crippen LogP contribution in [0, 0.1) is 0 Å². The summed E-state index contributed by atoms with van der Waals surface area (Å²) in [4.78, 5) is 0. The summed E-state index contributed by atoms with van der Waals surface area (Å²) in [5.74, 6) is 1.32. The molecule has 1 aromatic rings. The number of fused-ring (bicyclic) bond motifs is 1. The van der Waals surface area contributed by atoms with Gasteiger partial charge in [0.25, 0.3) is 0 Å². The average Bonchev–Trinajstić information content (AvgIpc) is 2.52. The van der Waals surface area contributed by atoms with Gasteiger partial charge >= 0.3 is 0 Å². The van der Waals surface area contributed by atoms with Crippen molar-refractivity contribution < 1.29 is 9.47 Å². The third-order valence-corrected chi connectivity index (χ3v) is 3.80. The van der Waals surface area contributed by atoms with Crippen LogP contribution >= 0.6 is 15.9 Å². The molecule has 0 unspecified atom stereocenters. The molecule has 2 rings (SSSR count). The first-order valence-electron chi connectivity index (χ1n) is 5.82. The van der Waals surface area contributed by atoms with Gasteiger partial charge in [-0.05, 0) is 52.2 Å². The Bertz CT molecular complexity index is 395. The highest BCUT2D eigenvalue weighted by Gasteiger charge is 2.20. The molecule has 4 heteroatoms. The molecule has 0 saturated heterocycles. The van der Waals surface area contributed by atoms with Crippen molar-refractivity contribution in [2.75, 3.05) is 33.9 Å². The predicted octanol–water partition coefficient (Wildman–Crippen LogP) is 2.33. The van der Waals surface area contributed by atoms with E-state index in [1.807, 2.05) is 0 Å². The number of methoxy groups -OCH3 is 2. The molecule has 1 N–H and O–H groups in total. The van der Waals surface area contributed by atoms with Crippen molar-refractivity contribution in [1.29, 1.82) is 0 Å². The van der Waals surface area contributed by atoms with Gasteiger partial charge in [0.1, 0.15) is 5.75 Å². The lowest BCUT2D eigenvalue weighted by molar-refractivity contribution is 0.178. The van der Waals surface area contributed by atoms with E-state index in [2.05, 4.69) is 33.4 Å². The van der Waals surface area contributed by atoms with Gasteiger partial charge in [0.15, 0.2) is 0 Å². The van der Waals surface area contributed by atoms with E-state index in [1.165, 1.54) is 11.1 Å². The number of rotatable bonds is 3. The maximum absolute atomic E-state index is 5.35. The van der Waals surface area contributed by atoms with E-state index in [0.717, 1.165) is 36.3 Å². The van der Waals surface area contributed by atoms with E-state index in [0.29, 0.717) is 5.92 Å². The van der Waals surface area contributed by atoms with E-state index in [9.17, 15) is 0 Å². The quantitative estimate of drug-likeness (QED) is 0.929. The number of hydrogen-bond acceptors (Lipinski definition) is 3. The van der Waals surface area contributed by atoms with Crippen LogP contribution in [0.15, 0.2) is 16.6 Å². The number of hydrogen-bond donors (Lipinski definition) is 1. The highest BCUT2D eigenvalue weighted by molar-refractivity contribution is 9.10. The summed E-state index contributed by atoms with van der Waals surface area (Å²) in [6.07, 6.45) is 1.04. The largest absolute Gasteiger partial charge is 0.496 e. The maximum Gasteiger partial charge on any atom is 0.133 e. The van der Waals surface area contributed by atoms with Gasteiger partial charge in [0, 0.05) is 19.6 Å². The van der Waals surface area contributed by atoms with Crippen molar-refractivity contribution in [2.24, 2.45) is 0 Å². The molecule has 0 saturated carbocycles. The molecule has 1 heterocycles. The predicted molar refractivity (Wildman–Crippen MR) is 71.9 cm³/mol. The highest BCUT2D eigenvalue weighted by atomic mass is 79.9. The second kappa shape index (κ2) is 5.85. The van der Waals surface area contributed by atoms with E-state index in [-0.39, 0.29) is 0 Å². The molecule has 0 spiro atoms. The van der Waals surface area contributed by atoms with Crippen molar-refractivity contribution in [2.45, 2.75) is 12.3 Å². The summed E-state index contributed by atoms with van der Waals surface area (Å²) in [5, 5.41) is 3.45. The lowest BCUT2D eigenvalue weighted by atomic mass is 9.94. The Balaban J connectivity index is 2.39. The van der Waals surface area contributed by atoms with E-state index in [1.54, 1.807) is 14.2 Å². The van der Waals surface area contributed by atoms with Crippen LogP contribution in [0.3, 0.4) is 0 Å². The second-order valence-electron chi connectivity index (χ2n) is 4.29. The van der Waals surface area contributed by atoms with Crippen LogP contribution in [0.4, 0.5) is 0 Å². The topological polar surface area (TPSA) is 30.5 Å². The van der Waals surface area contributed by atoms with Crippen LogP contribution < -0.4 is 10.1 Å². The van der Waals surface area contributed by atoms with Crippen LogP contribution in [-0.4, -0.2) is 33.9 Å². The molecule has 1 aliphatic heterocycles. The molecule has 0 fully saturated rings. The zero-order chi connectivity index (χ0) is 12.3. The minimum Gasteiger partial charge on any atom is -0.496 e. The third kappa shape index (κ3) is 2.81. The second-order valence-corrected chi connectivity index (χ2v) is 5.15. The van der Waals surface area contributed by atoms with E-state index >= 15 is 0 Å². The van der Waals surface area contributed by atoms with Gasteiger partial charge in [-0.2, -0.15) is 0 Å². The first kappa shape index (κ1) is 12.9. The van der Waals surface area contributed by atoms with Crippen molar-refractivity contribution >= 4 is 15.9 Å². The number of benzene rings is 1. The van der Waals surface area contributed by atoms with E-state index < -0.39 is 0 Å². The fourth-order valence-corrected chi connectivity index (χ4v) is 2.85. The monoisotopic (exact) mass is 299 g/mol. The molecule has 17 heavy (non-hydrogen) atoms. The van der Waals surface area contributed by atoms with Crippen LogP contribution in [0.25, 0.3) is 0 Å². The fraction of sp³-hybridized carbons (Fsp3) is 0.538. The van der Waals surface area contributed by atoms with Gasteiger partial charge in [-0.3, -0.25) is 0 Å². The van der Waals surface area contributed by atoms with Crippen LogP contribution in [0.2, 0.25) is 0 Å². The molecule has 0 amide bonds. The van der Waals surface area contributed by atoms with Crippen molar-refractivity contribution in [1.82, 2.24) is 5.32 Å². The standard InChI is InChI=1S/C13H18BrNO2/c1-16-8-10-7-15-4-3-9-5-13(17-2)12(14)6-11(9)10/h5-6,10,15H,3-4,7-8H2,1-2H3/t10-/m0/s1. The maximum atomic E-state index is 5.35. The Morgan fingerprint density at radius 1 is 1.41 bits per heavy atom. The number of ether oxygens (including phenoxy) is 2. The summed E-state index contributed by atoms with van der Waals surface area (Å²) in [7, 11) is 3.46. The molecule has 1 aromatic carbocycles. The first-order chi connectivity index (χ1) is 8.26. The summed E-state index contributed by atoms with van der Waals surface area (Å²) in [5.41, 5.74) is 2.72. The molecule has 0 bridgehead atoms. The zero-order valence-electron chi connectivity index (χ0n) is 10.3. The Labute approximate surface area is 111 Å². The van der Waals surface area contributed by atoms with Crippen molar-refractivity contribution in [3.8, 4) is 5.75 Å². The lowest BCUT2D eigenvalue weighted by Crippen LogP contribution is -2.22. The van der Waals surface area contributed by atoms with Gasteiger partial charge in [-0.1, -0.05) is 0 Å². The SMILES string of the molecule is COC[C@@H]1CNCCc2cc(OC)c(Br)cc21. The Morgan fingerprint density at radius 2 is 2.24 bits per heavy atom. The Morgan fingerprint density at radius 3 is 2.94 bits per heavy atom. The van der Waals surface area contributed by atoms with Gasteiger partial charge in [0.2, 0.25) is 0 Å². The highest BCUT2D eigenvalue weighted by Crippen LogP contribution is 2.33. The van der Waals surface area contributed by atoms with Gasteiger partial charge in [-0.25, -0.2) is 0 Å². The normalized spacial score (nSPS) is 19.6. The van der Waals surface area contributed by atoms with Gasteiger partial charge in [0.05, 0.1) is 18.2 Å². The molecular formula is C13H18BrNO2. The molecule has 0 radical (unpaired) electrons. The first-order valence-corrected chi connectivity index (χ1v) is 6.61. The summed E-state index contributed by atoms with van der Waals surface area (Å²) in [6.45, 7) is 2.73. The van der Waals surface area contributed by atoms with Crippen LogP contribution in [0.5, 0.6) is 5.75 Å². The smallest absolute Gasteiger partial charge is 0.133 e. The number of nitrogens with one attached hydrogen (secondary N) is 1. The van der Waals surface area contributed by atoms with Gasteiger partial charge in [-0.15, -0.1) is 0 Å². The van der Waals surface area contributed by atoms with Crippen molar-refractivity contribution in [3.63, 3.8) is 0 Å². The third-order valence-electron chi connectivity index (χ3n) is 3.18. The molecule has 0 aliphatic carbocycles. The fourth-order valence-electron chi connectivity index (χ4n) is 2.32. The molecule has 1 aliphatic rings. The van der Waals surface area contributed by atoms with Crippen molar-refractivity contribution in [3.05, 3.63) is 27.7 Å². The Hall–Kier alpha value is -0.580. The molecule has 94 valence electrons. The minimum absolute atomic E-state index is 0.416. The molecule has 3 nitrogen and oxygen atoms in total. The summed E-state index contributed by atoms with van der Waals surface area (Å²) in [6, 6.07) is 4.31. The van der Waals surface area contributed by atoms with E-state index in [4.69, 9.17) is 9.47 Å². The van der Waals surface area contributed by atoms with Crippen LogP contribution in [0.1, 0.15) is 17.0 Å². The molecule has 0 aromatic heterocycles. The van der Waals surface area contributed by atoms with Crippen LogP contribution in [-0.2, 0) is 11.2 Å². The molecular weight excluding hydrogens is 282 g/mol. The summed E-state index contributed by atoms with van der Waals surface area (Å²) >= 11 is 3.55. The zero-order valence-corrected chi connectivity index (χ0v) is 11.8. The number of halogens is 1. The lowest BCUT2D eigenvalue weighted by Gasteiger charge is -2.18. The minimum atomic E-state index is 0.416. The molecule has 1 atom stereocenters. The van der Waals surface area contributed by atoms with Gasteiger partial charge < -0.3 is 14.8 Å².